The van der Waals surface area contributed by atoms with Crippen LogP contribution in [0.3, 0.4) is 0 Å². The number of allylic oxidation sites excluding steroid dienone is 1. The summed E-state index contributed by atoms with van der Waals surface area (Å²) in [6, 6.07) is 0. The number of rotatable bonds is 8. The Bertz CT molecular complexity index is 483. The first-order valence-corrected chi connectivity index (χ1v) is 11.1. The molecule has 0 aromatic heterocycles. The molecule has 0 aromatic carbocycles. The predicted molar refractivity (Wildman–Crippen MR) is 92.4 cm³/mol. The highest BCUT2D eigenvalue weighted by Crippen LogP contribution is 2.56. The monoisotopic (exact) mass is 362 g/mol. The van der Waals surface area contributed by atoms with Crippen LogP contribution in [-0.4, -0.2) is 31.0 Å². The molecule has 3 atom stereocenters. The Labute approximate surface area is 143 Å². The van der Waals surface area contributed by atoms with E-state index in [0.717, 1.165) is 32.0 Å². The van der Waals surface area contributed by atoms with E-state index in [1.165, 1.54) is 12.0 Å². The van der Waals surface area contributed by atoms with E-state index in [4.69, 9.17) is 13.6 Å². The topological polar surface area (TPSA) is 61.8 Å². The van der Waals surface area contributed by atoms with Crippen molar-refractivity contribution < 1.29 is 22.9 Å². The van der Waals surface area contributed by atoms with Crippen molar-refractivity contribution in [2.75, 3.05) is 19.5 Å². The second kappa shape index (κ2) is 8.70. The van der Waals surface area contributed by atoms with Crippen LogP contribution in [0.25, 0.3) is 0 Å². The Morgan fingerprint density at radius 1 is 1.26 bits per heavy atom. The van der Waals surface area contributed by atoms with Crippen LogP contribution in [0.1, 0.15) is 46.0 Å². The minimum atomic E-state index is -3.63. The second-order valence-corrected chi connectivity index (χ2v) is 8.47. The van der Waals surface area contributed by atoms with Gasteiger partial charge in [0.05, 0.1) is 18.5 Å². The highest BCUT2D eigenvalue weighted by molar-refractivity contribution is 7.99. The van der Waals surface area contributed by atoms with Gasteiger partial charge in [0.1, 0.15) is 12.0 Å². The first-order chi connectivity index (χ1) is 11.1. The molecule has 1 saturated carbocycles. The van der Waals surface area contributed by atoms with Crippen LogP contribution in [0, 0.1) is 11.8 Å². The number of phosphoric ester groups is 1. The molecule has 0 saturated heterocycles. The molecule has 0 aromatic rings. The van der Waals surface area contributed by atoms with Gasteiger partial charge in [-0.2, -0.15) is 11.8 Å². The summed E-state index contributed by atoms with van der Waals surface area (Å²) in [5.74, 6) is 0.924. The molecule has 0 heterocycles. The molecule has 23 heavy (non-hydrogen) atoms. The van der Waals surface area contributed by atoms with Gasteiger partial charge in [0.25, 0.3) is 0 Å². The van der Waals surface area contributed by atoms with Crippen molar-refractivity contribution in [2.45, 2.75) is 51.2 Å². The third-order valence-corrected chi connectivity index (χ3v) is 7.12. The van der Waals surface area contributed by atoms with E-state index >= 15 is 0 Å². The summed E-state index contributed by atoms with van der Waals surface area (Å²) in [5.41, 5.74) is 1.22. The molecule has 2 aliphatic rings. The van der Waals surface area contributed by atoms with Gasteiger partial charge in [-0.25, -0.2) is 4.57 Å². The molecule has 0 N–H and O–H groups in total. The number of thioether (sulfide) groups is 1. The first-order valence-electron chi connectivity index (χ1n) is 8.38. The number of fused-ring (bicyclic) bond motifs is 1. The molecular formula is C16H27O5PS. The molecule has 132 valence electrons. The Morgan fingerprint density at radius 2 is 1.96 bits per heavy atom. The maximum absolute atomic E-state index is 12.8. The zero-order valence-corrected chi connectivity index (χ0v) is 15.9. The van der Waals surface area contributed by atoms with Crippen LogP contribution in [0.4, 0.5) is 0 Å². The molecule has 0 aliphatic heterocycles. The summed E-state index contributed by atoms with van der Waals surface area (Å²) in [4.78, 5) is 11.5. The van der Waals surface area contributed by atoms with Crippen LogP contribution in [-0.2, 0) is 22.9 Å². The Morgan fingerprint density at radius 3 is 2.52 bits per heavy atom. The van der Waals surface area contributed by atoms with Crippen molar-refractivity contribution in [3.8, 4) is 0 Å². The Hall–Kier alpha value is -0.290. The average molecular weight is 362 g/mol. The van der Waals surface area contributed by atoms with Gasteiger partial charge in [-0.3, -0.25) is 9.05 Å². The number of aldehydes is 1. The van der Waals surface area contributed by atoms with Crippen molar-refractivity contribution in [2.24, 2.45) is 11.8 Å². The smallest absolute Gasteiger partial charge is 0.407 e. The van der Waals surface area contributed by atoms with E-state index in [-0.39, 0.29) is 24.4 Å². The number of carbonyl (C=O) groups is 1. The van der Waals surface area contributed by atoms with Crippen LogP contribution < -0.4 is 0 Å². The van der Waals surface area contributed by atoms with E-state index in [2.05, 4.69) is 0 Å². The van der Waals surface area contributed by atoms with Gasteiger partial charge in [-0.15, -0.1) is 0 Å². The molecular weight excluding hydrogens is 335 g/mol. The fourth-order valence-electron chi connectivity index (χ4n) is 3.54. The van der Waals surface area contributed by atoms with Gasteiger partial charge < -0.3 is 9.32 Å². The van der Waals surface area contributed by atoms with Crippen molar-refractivity contribution in [1.82, 2.24) is 0 Å². The first kappa shape index (κ1) is 19.0. The number of hydrogen-bond donors (Lipinski definition) is 0. The normalized spacial score (nSPS) is 28.4. The summed E-state index contributed by atoms with van der Waals surface area (Å²) < 4.78 is 29.3. The third-order valence-electron chi connectivity index (χ3n) is 4.48. The van der Waals surface area contributed by atoms with Gasteiger partial charge in [-0.1, -0.05) is 6.42 Å². The lowest BCUT2D eigenvalue weighted by Crippen LogP contribution is -2.33. The van der Waals surface area contributed by atoms with Gasteiger partial charge in [0.2, 0.25) is 0 Å². The van der Waals surface area contributed by atoms with Gasteiger partial charge >= 0.3 is 7.82 Å². The molecule has 0 spiro atoms. The summed E-state index contributed by atoms with van der Waals surface area (Å²) in [5, 5.41) is -0.105. The molecule has 0 radical (unpaired) electrons. The van der Waals surface area contributed by atoms with Crippen molar-refractivity contribution in [3.63, 3.8) is 0 Å². The number of carbonyl (C=O) groups excluding carboxylic acids is 1. The summed E-state index contributed by atoms with van der Waals surface area (Å²) >= 11 is 1.57. The molecule has 5 nitrogen and oxygen atoms in total. The van der Waals surface area contributed by atoms with Crippen LogP contribution >= 0.6 is 19.6 Å². The number of phosphoric acid groups is 1. The molecule has 0 bridgehead atoms. The second-order valence-electron chi connectivity index (χ2n) is 5.90. The number of hydrogen-bond acceptors (Lipinski definition) is 6. The predicted octanol–water partition coefficient (Wildman–Crippen LogP) is 4.58. The van der Waals surface area contributed by atoms with E-state index in [1.54, 1.807) is 25.6 Å². The molecule has 0 unspecified atom stereocenters. The lowest BCUT2D eigenvalue weighted by atomic mass is 9.73. The van der Waals surface area contributed by atoms with Gasteiger partial charge in [0.15, 0.2) is 0 Å². The highest BCUT2D eigenvalue weighted by atomic mass is 32.2. The zero-order valence-electron chi connectivity index (χ0n) is 14.2. The SMILES string of the molecule is CCOP(=O)(OCC)OC1=C2CCCC[C@@H]2C[C@H](C=O)[C@@H]1SC. The van der Waals surface area contributed by atoms with Crippen molar-refractivity contribution >= 4 is 25.9 Å². The molecule has 2 aliphatic carbocycles. The maximum atomic E-state index is 12.8. The third kappa shape index (κ3) is 4.41. The molecule has 0 amide bonds. The Balaban J connectivity index is 2.37. The van der Waals surface area contributed by atoms with Crippen molar-refractivity contribution in [1.29, 1.82) is 0 Å². The zero-order chi connectivity index (χ0) is 16.9. The van der Waals surface area contributed by atoms with E-state index in [1.807, 2.05) is 6.26 Å². The fourth-order valence-corrected chi connectivity index (χ4v) is 5.84. The molecule has 1 fully saturated rings. The van der Waals surface area contributed by atoms with E-state index in [9.17, 15) is 9.36 Å². The van der Waals surface area contributed by atoms with Crippen LogP contribution in [0.15, 0.2) is 11.3 Å². The van der Waals surface area contributed by atoms with Crippen LogP contribution in [0.2, 0.25) is 0 Å². The lowest BCUT2D eigenvalue weighted by molar-refractivity contribution is -0.111. The highest BCUT2D eigenvalue weighted by Gasteiger charge is 2.42. The largest absolute Gasteiger partial charge is 0.529 e. The Kier molecular flexibility index (Phi) is 7.20. The van der Waals surface area contributed by atoms with E-state index in [0.29, 0.717) is 11.7 Å². The minimum absolute atomic E-state index is 0.105. The van der Waals surface area contributed by atoms with Crippen LogP contribution in [0.5, 0.6) is 0 Å². The fraction of sp³-hybridized carbons (Fsp3) is 0.812. The summed E-state index contributed by atoms with van der Waals surface area (Å²) in [6.07, 6.45) is 8.14. The van der Waals surface area contributed by atoms with Crippen molar-refractivity contribution in [3.05, 3.63) is 11.3 Å². The standard InChI is InChI=1S/C16H27O5PS/c1-4-19-22(18,20-5-2)21-15-14-9-7-6-8-12(14)10-13(11-17)16(15)23-3/h11-13,16H,4-10H2,1-3H3/t12-,13-,16+/m1/s1. The quantitative estimate of drug-likeness (QED) is 0.465. The van der Waals surface area contributed by atoms with E-state index < -0.39 is 7.82 Å². The maximum Gasteiger partial charge on any atom is 0.529 e. The summed E-state index contributed by atoms with van der Waals surface area (Å²) in [6.45, 7) is 4.03. The average Bonchev–Trinajstić information content (AvgIpc) is 2.54. The molecule has 2 rings (SSSR count). The van der Waals surface area contributed by atoms with Gasteiger partial charge in [-0.05, 0) is 57.3 Å². The lowest BCUT2D eigenvalue weighted by Gasteiger charge is -2.39. The van der Waals surface area contributed by atoms with Gasteiger partial charge in [0, 0.05) is 5.92 Å². The minimum Gasteiger partial charge on any atom is -0.407 e. The summed E-state index contributed by atoms with van der Waals surface area (Å²) in [7, 11) is -3.63. The molecule has 7 heteroatoms.